The molecule has 1 aromatic heterocycles. The predicted molar refractivity (Wildman–Crippen MR) is 67.6 cm³/mol. The van der Waals surface area contributed by atoms with Gasteiger partial charge in [0.15, 0.2) is 0 Å². The highest BCUT2D eigenvalue weighted by Gasteiger charge is 2.17. The standard InChI is InChI=1S/C12H15N3O3/c1-12(2,3)18-11(17)14-9-4-7-6-13-15-8(7)5-10(9)16/h4-6,16H,1-3H3,(H,13,15)(H,14,17). The Bertz CT molecular complexity index is 584. The van der Waals surface area contributed by atoms with Crippen molar-refractivity contribution < 1.29 is 14.6 Å². The van der Waals surface area contributed by atoms with Crippen LogP contribution < -0.4 is 5.32 Å². The van der Waals surface area contributed by atoms with Gasteiger partial charge in [0.2, 0.25) is 0 Å². The molecule has 2 rings (SSSR count). The lowest BCUT2D eigenvalue weighted by molar-refractivity contribution is 0.0635. The number of amides is 1. The number of hydrogen-bond acceptors (Lipinski definition) is 4. The summed E-state index contributed by atoms with van der Waals surface area (Å²) >= 11 is 0. The minimum atomic E-state index is -0.611. The quantitative estimate of drug-likeness (QED) is 0.678. The Hall–Kier alpha value is -2.24. The van der Waals surface area contributed by atoms with Crippen molar-refractivity contribution >= 4 is 22.7 Å². The molecule has 1 heterocycles. The van der Waals surface area contributed by atoms with E-state index in [1.165, 1.54) is 6.07 Å². The van der Waals surface area contributed by atoms with E-state index >= 15 is 0 Å². The largest absolute Gasteiger partial charge is 0.506 e. The second kappa shape index (κ2) is 4.21. The van der Waals surface area contributed by atoms with Gasteiger partial charge in [-0.2, -0.15) is 5.10 Å². The van der Waals surface area contributed by atoms with Gasteiger partial charge in [-0.25, -0.2) is 4.79 Å². The molecule has 1 amide bonds. The fraction of sp³-hybridized carbons (Fsp3) is 0.333. The van der Waals surface area contributed by atoms with Gasteiger partial charge in [0, 0.05) is 11.5 Å². The van der Waals surface area contributed by atoms with Gasteiger partial charge >= 0.3 is 6.09 Å². The van der Waals surface area contributed by atoms with Gasteiger partial charge < -0.3 is 9.84 Å². The normalized spacial score (nSPS) is 11.5. The number of carbonyl (C=O) groups is 1. The third-order valence-corrected chi connectivity index (χ3v) is 2.19. The summed E-state index contributed by atoms with van der Waals surface area (Å²) < 4.78 is 5.11. The number of benzene rings is 1. The number of fused-ring (bicyclic) bond motifs is 1. The molecule has 0 radical (unpaired) electrons. The molecule has 0 aliphatic heterocycles. The van der Waals surface area contributed by atoms with Crippen LogP contribution in [-0.4, -0.2) is 27.0 Å². The van der Waals surface area contributed by atoms with E-state index in [4.69, 9.17) is 4.74 Å². The van der Waals surface area contributed by atoms with Crippen LogP contribution in [0.1, 0.15) is 20.8 Å². The molecule has 6 nitrogen and oxygen atoms in total. The van der Waals surface area contributed by atoms with E-state index in [9.17, 15) is 9.90 Å². The highest BCUT2D eigenvalue weighted by Crippen LogP contribution is 2.28. The van der Waals surface area contributed by atoms with Crippen molar-refractivity contribution in [3.05, 3.63) is 18.3 Å². The molecule has 1 aromatic carbocycles. The minimum Gasteiger partial charge on any atom is -0.506 e. The topological polar surface area (TPSA) is 87.2 Å². The summed E-state index contributed by atoms with van der Waals surface area (Å²) in [5.41, 5.74) is 0.403. The molecule has 0 aliphatic rings. The van der Waals surface area contributed by atoms with Crippen molar-refractivity contribution in [1.82, 2.24) is 10.2 Å². The van der Waals surface area contributed by atoms with Crippen molar-refractivity contribution in [3.63, 3.8) is 0 Å². The number of H-pyrrole nitrogens is 1. The van der Waals surface area contributed by atoms with Crippen LogP contribution in [0.25, 0.3) is 10.9 Å². The summed E-state index contributed by atoms with van der Waals surface area (Å²) in [6, 6.07) is 3.12. The SMILES string of the molecule is CC(C)(C)OC(=O)Nc1cc2cn[nH]c2cc1O. The van der Waals surface area contributed by atoms with Crippen molar-refractivity contribution in [3.8, 4) is 5.75 Å². The van der Waals surface area contributed by atoms with Crippen LogP contribution in [0.4, 0.5) is 10.5 Å². The van der Waals surface area contributed by atoms with Gasteiger partial charge in [0.25, 0.3) is 0 Å². The molecule has 0 atom stereocenters. The third kappa shape index (κ3) is 2.71. The van der Waals surface area contributed by atoms with Crippen LogP contribution in [0.2, 0.25) is 0 Å². The molecule has 0 bridgehead atoms. The number of carbonyl (C=O) groups excluding carboxylic acids is 1. The second-order valence-electron chi connectivity index (χ2n) is 4.95. The number of aromatic amines is 1. The molecule has 0 aliphatic carbocycles. The Morgan fingerprint density at radius 1 is 1.44 bits per heavy atom. The summed E-state index contributed by atoms with van der Waals surface area (Å²) in [4.78, 5) is 11.6. The van der Waals surface area contributed by atoms with Crippen molar-refractivity contribution in [2.75, 3.05) is 5.32 Å². The van der Waals surface area contributed by atoms with Gasteiger partial charge in [-0.05, 0) is 26.8 Å². The number of nitrogens with zero attached hydrogens (tertiary/aromatic N) is 1. The first-order valence-corrected chi connectivity index (χ1v) is 5.51. The van der Waals surface area contributed by atoms with E-state index in [2.05, 4.69) is 15.5 Å². The van der Waals surface area contributed by atoms with E-state index in [-0.39, 0.29) is 11.4 Å². The van der Waals surface area contributed by atoms with Crippen LogP contribution in [-0.2, 0) is 4.74 Å². The smallest absolute Gasteiger partial charge is 0.412 e. The summed E-state index contributed by atoms with van der Waals surface area (Å²) in [5.74, 6) is -0.0439. The van der Waals surface area contributed by atoms with Gasteiger partial charge in [-0.1, -0.05) is 0 Å². The Morgan fingerprint density at radius 2 is 2.17 bits per heavy atom. The lowest BCUT2D eigenvalue weighted by Crippen LogP contribution is -2.27. The molecule has 0 spiro atoms. The molecule has 0 unspecified atom stereocenters. The van der Waals surface area contributed by atoms with E-state index in [1.54, 1.807) is 33.0 Å². The maximum absolute atomic E-state index is 11.6. The van der Waals surface area contributed by atoms with E-state index < -0.39 is 11.7 Å². The summed E-state index contributed by atoms with van der Waals surface area (Å²) in [7, 11) is 0. The number of aromatic hydroxyl groups is 1. The zero-order valence-corrected chi connectivity index (χ0v) is 10.4. The minimum absolute atomic E-state index is 0.0439. The molecule has 2 aromatic rings. The number of phenolic OH excluding ortho intramolecular Hbond substituents is 1. The maximum atomic E-state index is 11.6. The molecule has 0 saturated carbocycles. The Kier molecular flexibility index (Phi) is 2.86. The van der Waals surface area contributed by atoms with Crippen LogP contribution in [0, 0.1) is 0 Å². The first kappa shape index (κ1) is 12.2. The van der Waals surface area contributed by atoms with Gasteiger partial charge in [0.05, 0.1) is 17.4 Å². The van der Waals surface area contributed by atoms with Crippen LogP contribution >= 0.6 is 0 Å². The van der Waals surface area contributed by atoms with Crippen LogP contribution in [0.3, 0.4) is 0 Å². The average molecular weight is 249 g/mol. The van der Waals surface area contributed by atoms with Crippen LogP contribution in [0.15, 0.2) is 18.3 Å². The molecular weight excluding hydrogens is 234 g/mol. The molecule has 6 heteroatoms. The fourth-order valence-electron chi connectivity index (χ4n) is 1.49. The van der Waals surface area contributed by atoms with Gasteiger partial charge in [-0.15, -0.1) is 0 Å². The van der Waals surface area contributed by atoms with Crippen molar-refractivity contribution in [1.29, 1.82) is 0 Å². The molecule has 3 N–H and O–H groups in total. The van der Waals surface area contributed by atoms with Gasteiger partial charge in [0.1, 0.15) is 11.4 Å². The summed E-state index contributed by atoms with van der Waals surface area (Å²) in [6.07, 6.45) is 0.996. The van der Waals surface area contributed by atoms with Crippen molar-refractivity contribution in [2.24, 2.45) is 0 Å². The highest BCUT2D eigenvalue weighted by molar-refractivity contribution is 5.92. The Labute approximate surface area is 104 Å². The number of ether oxygens (including phenoxy) is 1. The lowest BCUT2D eigenvalue weighted by atomic mass is 10.2. The fourth-order valence-corrected chi connectivity index (χ4v) is 1.49. The Morgan fingerprint density at radius 3 is 2.83 bits per heavy atom. The maximum Gasteiger partial charge on any atom is 0.412 e. The number of anilines is 1. The molecule has 96 valence electrons. The molecule has 18 heavy (non-hydrogen) atoms. The van der Waals surface area contributed by atoms with Gasteiger partial charge in [-0.3, -0.25) is 10.4 Å². The first-order chi connectivity index (χ1) is 8.35. The van der Waals surface area contributed by atoms with E-state index in [1.807, 2.05) is 0 Å². The second-order valence-corrected chi connectivity index (χ2v) is 4.95. The predicted octanol–water partition coefficient (Wildman–Crippen LogP) is 2.62. The molecule has 0 saturated heterocycles. The molecular formula is C12H15N3O3. The number of nitrogens with one attached hydrogen (secondary N) is 2. The Balaban J connectivity index is 2.20. The number of aromatic nitrogens is 2. The summed E-state index contributed by atoms with van der Waals surface area (Å²) in [6.45, 7) is 5.31. The lowest BCUT2D eigenvalue weighted by Gasteiger charge is -2.19. The van der Waals surface area contributed by atoms with Crippen molar-refractivity contribution in [2.45, 2.75) is 26.4 Å². The van der Waals surface area contributed by atoms with E-state index in [0.717, 1.165) is 5.39 Å². The number of rotatable bonds is 1. The highest BCUT2D eigenvalue weighted by atomic mass is 16.6. The number of hydrogen-bond donors (Lipinski definition) is 3. The molecule has 0 fully saturated rings. The monoisotopic (exact) mass is 249 g/mol. The number of phenols is 1. The third-order valence-electron chi connectivity index (χ3n) is 2.19. The average Bonchev–Trinajstić information content (AvgIpc) is 2.62. The van der Waals surface area contributed by atoms with E-state index in [0.29, 0.717) is 5.52 Å². The first-order valence-electron chi connectivity index (χ1n) is 5.51. The summed E-state index contributed by atoms with van der Waals surface area (Å²) in [5, 5.41) is 19.6. The zero-order chi connectivity index (χ0) is 13.3. The zero-order valence-electron chi connectivity index (χ0n) is 10.4. The van der Waals surface area contributed by atoms with Crippen LogP contribution in [0.5, 0.6) is 5.75 Å².